The molecule has 0 bridgehead atoms. The van der Waals surface area contributed by atoms with Crippen LogP contribution in [-0.2, 0) is 0 Å². The fraction of sp³-hybridized carbons (Fsp3) is 0.125. The van der Waals surface area contributed by atoms with E-state index in [9.17, 15) is 13.2 Å². The van der Waals surface area contributed by atoms with Gasteiger partial charge in [0.05, 0.1) is 0 Å². The molecule has 0 saturated carbocycles. The van der Waals surface area contributed by atoms with Crippen molar-refractivity contribution < 1.29 is 13.2 Å². The second-order valence-corrected chi connectivity index (χ2v) is 2.57. The van der Waals surface area contributed by atoms with E-state index in [-0.39, 0.29) is 10.8 Å². The molecular formula is C8H5F3N2. The van der Waals surface area contributed by atoms with E-state index in [1.54, 1.807) is 30.3 Å². The normalized spacial score (nSPS) is 15.6. The fourth-order valence-electron chi connectivity index (χ4n) is 1.02. The van der Waals surface area contributed by atoms with Crippen molar-refractivity contribution in [1.29, 1.82) is 0 Å². The maximum absolute atomic E-state index is 12.0. The summed E-state index contributed by atoms with van der Waals surface area (Å²) in [6, 6.07) is 8.26. The Morgan fingerprint density at radius 1 is 1.08 bits per heavy atom. The molecule has 13 heavy (non-hydrogen) atoms. The molecule has 0 fully saturated rings. The van der Waals surface area contributed by atoms with Crippen molar-refractivity contribution in [2.24, 2.45) is 5.10 Å². The van der Waals surface area contributed by atoms with Gasteiger partial charge in [0.2, 0.25) is 0 Å². The summed E-state index contributed by atoms with van der Waals surface area (Å²) in [5, 5.41) is 3.28. The Bertz CT molecular complexity index is 342. The summed E-state index contributed by atoms with van der Waals surface area (Å²) in [6.45, 7) is 0. The largest absolute Gasteiger partial charge is 0.506 e. The molecule has 5 heteroatoms. The van der Waals surface area contributed by atoms with Gasteiger partial charge in [0.1, 0.15) is 0 Å². The van der Waals surface area contributed by atoms with Crippen LogP contribution in [0.1, 0.15) is 5.56 Å². The molecule has 0 aromatic heterocycles. The average Bonchev–Trinajstić information content (AvgIpc) is 2.83. The van der Waals surface area contributed by atoms with Gasteiger partial charge in [-0.15, -0.1) is 23.3 Å². The van der Waals surface area contributed by atoms with E-state index in [2.05, 4.69) is 5.10 Å². The van der Waals surface area contributed by atoms with E-state index in [1.807, 2.05) is 0 Å². The molecule has 1 aromatic rings. The summed E-state index contributed by atoms with van der Waals surface area (Å²) in [6.07, 6.45) is -4.38. The number of amidine groups is 1. The minimum Gasteiger partial charge on any atom is -0.149 e. The van der Waals surface area contributed by atoms with Crippen LogP contribution >= 0.6 is 0 Å². The summed E-state index contributed by atoms with van der Waals surface area (Å²) in [7, 11) is 0. The molecule has 68 valence electrons. The van der Waals surface area contributed by atoms with Crippen molar-refractivity contribution in [2.45, 2.75) is 6.30 Å². The van der Waals surface area contributed by atoms with Crippen molar-refractivity contribution in [3.8, 4) is 0 Å². The van der Waals surface area contributed by atoms with Crippen LogP contribution in [-0.4, -0.2) is 17.1 Å². The number of hydrogen-bond donors (Lipinski definition) is 0. The molecule has 1 aromatic carbocycles. The SMILES string of the molecule is FC(F)(F)N1N=C1c1ccccc1. The third kappa shape index (κ3) is 1.49. The Kier molecular flexibility index (Phi) is 1.55. The number of nitrogens with zero attached hydrogens (tertiary/aromatic N) is 2. The maximum atomic E-state index is 12.0. The van der Waals surface area contributed by atoms with Crippen LogP contribution in [0, 0.1) is 0 Å². The van der Waals surface area contributed by atoms with Crippen molar-refractivity contribution in [3.63, 3.8) is 0 Å². The molecule has 0 spiro atoms. The monoisotopic (exact) mass is 186 g/mol. The van der Waals surface area contributed by atoms with Crippen molar-refractivity contribution in [3.05, 3.63) is 35.9 Å². The molecule has 2 nitrogen and oxygen atoms in total. The number of hydrazone groups is 1. The smallest absolute Gasteiger partial charge is 0.149 e. The van der Waals surface area contributed by atoms with Gasteiger partial charge in [-0.1, -0.05) is 30.3 Å². The molecule has 1 aliphatic heterocycles. The van der Waals surface area contributed by atoms with E-state index in [1.165, 1.54) is 0 Å². The Hall–Kier alpha value is -1.52. The Labute approximate surface area is 72.3 Å². The zero-order valence-electron chi connectivity index (χ0n) is 6.42. The minimum atomic E-state index is -4.38. The van der Waals surface area contributed by atoms with Crippen molar-refractivity contribution >= 4 is 5.84 Å². The van der Waals surface area contributed by atoms with E-state index in [0.29, 0.717) is 5.56 Å². The van der Waals surface area contributed by atoms with E-state index in [0.717, 1.165) is 0 Å². The zero-order chi connectivity index (χ0) is 9.47. The van der Waals surface area contributed by atoms with Crippen molar-refractivity contribution in [1.82, 2.24) is 5.01 Å². The van der Waals surface area contributed by atoms with Gasteiger partial charge in [-0.05, 0) is 0 Å². The van der Waals surface area contributed by atoms with Crippen LogP contribution in [0.5, 0.6) is 0 Å². The second kappa shape index (κ2) is 2.48. The molecule has 0 unspecified atom stereocenters. The molecule has 0 N–H and O–H groups in total. The van der Waals surface area contributed by atoms with Gasteiger partial charge >= 0.3 is 6.30 Å². The molecular weight excluding hydrogens is 181 g/mol. The van der Waals surface area contributed by atoms with Crippen LogP contribution in [0.4, 0.5) is 13.2 Å². The molecule has 0 amide bonds. The predicted molar refractivity (Wildman–Crippen MR) is 40.9 cm³/mol. The molecule has 0 atom stereocenters. The topological polar surface area (TPSA) is 15.4 Å². The van der Waals surface area contributed by atoms with Gasteiger partial charge in [-0.2, -0.15) is 0 Å². The maximum Gasteiger partial charge on any atom is 0.506 e. The lowest BCUT2D eigenvalue weighted by Gasteiger charge is -2.05. The van der Waals surface area contributed by atoms with Crippen LogP contribution in [0.3, 0.4) is 0 Å². The highest BCUT2D eigenvalue weighted by atomic mass is 19.4. The van der Waals surface area contributed by atoms with Crippen LogP contribution in [0.15, 0.2) is 35.4 Å². The van der Waals surface area contributed by atoms with E-state index in [4.69, 9.17) is 0 Å². The Morgan fingerprint density at radius 2 is 1.69 bits per heavy atom. The van der Waals surface area contributed by atoms with Gasteiger partial charge in [0, 0.05) is 5.56 Å². The van der Waals surface area contributed by atoms with E-state index >= 15 is 0 Å². The van der Waals surface area contributed by atoms with Gasteiger partial charge in [-0.3, -0.25) is 0 Å². The lowest BCUT2D eigenvalue weighted by atomic mass is 10.2. The number of benzene rings is 1. The molecule has 2 rings (SSSR count). The molecule has 0 radical (unpaired) electrons. The first-order chi connectivity index (χ1) is 6.09. The van der Waals surface area contributed by atoms with Gasteiger partial charge < -0.3 is 0 Å². The minimum absolute atomic E-state index is 0.0203. The van der Waals surface area contributed by atoms with E-state index < -0.39 is 6.30 Å². The highest BCUT2D eigenvalue weighted by molar-refractivity contribution is 6.05. The first-order valence-corrected chi connectivity index (χ1v) is 3.60. The lowest BCUT2D eigenvalue weighted by Crippen LogP contribution is -2.25. The fourth-order valence-corrected chi connectivity index (χ4v) is 1.02. The number of rotatable bonds is 1. The number of halogens is 3. The summed E-state index contributed by atoms with van der Waals surface area (Å²) in [5.74, 6) is -0.0203. The first kappa shape index (κ1) is 8.10. The molecule has 0 saturated heterocycles. The number of hydrogen-bond acceptors (Lipinski definition) is 2. The first-order valence-electron chi connectivity index (χ1n) is 3.60. The van der Waals surface area contributed by atoms with Crippen LogP contribution in [0.25, 0.3) is 0 Å². The summed E-state index contributed by atoms with van der Waals surface area (Å²) in [5.41, 5.74) is 0.486. The highest BCUT2D eigenvalue weighted by Gasteiger charge is 2.48. The Balaban J connectivity index is 2.13. The summed E-state index contributed by atoms with van der Waals surface area (Å²) < 4.78 is 36.0. The van der Waals surface area contributed by atoms with Crippen LogP contribution in [0.2, 0.25) is 0 Å². The van der Waals surface area contributed by atoms with Crippen molar-refractivity contribution in [2.75, 3.05) is 0 Å². The molecule has 1 heterocycles. The number of alkyl halides is 3. The van der Waals surface area contributed by atoms with Crippen LogP contribution < -0.4 is 0 Å². The predicted octanol–water partition coefficient (Wildman–Crippen LogP) is 2.18. The van der Waals surface area contributed by atoms with Gasteiger partial charge in [0.25, 0.3) is 0 Å². The average molecular weight is 186 g/mol. The lowest BCUT2D eigenvalue weighted by molar-refractivity contribution is -0.201. The molecule has 0 aliphatic carbocycles. The van der Waals surface area contributed by atoms with Gasteiger partial charge in [-0.25, -0.2) is 0 Å². The third-order valence-corrected chi connectivity index (χ3v) is 1.63. The highest BCUT2D eigenvalue weighted by Crippen LogP contribution is 2.32. The Morgan fingerprint density at radius 3 is 2.15 bits per heavy atom. The zero-order valence-corrected chi connectivity index (χ0v) is 6.42. The summed E-state index contributed by atoms with van der Waals surface area (Å²) in [4.78, 5) is 0. The summed E-state index contributed by atoms with van der Waals surface area (Å²) >= 11 is 0. The van der Waals surface area contributed by atoms with Gasteiger partial charge in [0.15, 0.2) is 5.84 Å². The molecule has 1 aliphatic rings. The third-order valence-electron chi connectivity index (χ3n) is 1.63. The quantitative estimate of drug-likeness (QED) is 0.613. The second-order valence-electron chi connectivity index (χ2n) is 2.57. The standard InChI is InChI=1S/C8H5F3N2/c9-8(10,11)13-7(12-13)6-4-2-1-3-5-6/h1-5H.